The summed E-state index contributed by atoms with van der Waals surface area (Å²) in [5, 5.41) is 2.82. The van der Waals surface area contributed by atoms with Crippen LogP contribution in [0.2, 0.25) is 0 Å². The largest absolute Gasteiger partial charge is 0.468 e. The monoisotopic (exact) mass is 247 g/mol. The van der Waals surface area contributed by atoms with Crippen molar-refractivity contribution < 1.29 is 14.3 Å². The predicted molar refractivity (Wildman–Crippen MR) is 68.2 cm³/mol. The lowest BCUT2D eigenvalue weighted by atomic mass is 10.1. The summed E-state index contributed by atoms with van der Waals surface area (Å²) < 4.78 is 4.69. The zero-order valence-corrected chi connectivity index (χ0v) is 10.9. The summed E-state index contributed by atoms with van der Waals surface area (Å²) in [6, 6.07) is 5.78. The van der Waals surface area contributed by atoms with Crippen molar-refractivity contribution in [2.24, 2.45) is 5.41 Å². The smallest absolute Gasteiger partial charge is 0.321 e. The molecule has 4 nitrogen and oxygen atoms in total. The molecular weight excluding hydrogens is 230 g/mol. The molecule has 2 rings (SSSR count). The van der Waals surface area contributed by atoms with E-state index in [1.165, 1.54) is 7.11 Å². The van der Waals surface area contributed by atoms with Crippen LogP contribution < -0.4 is 5.32 Å². The van der Waals surface area contributed by atoms with Crippen LogP contribution in [0.25, 0.3) is 0 Å². The Morgan fingerprint density at radius 1 is 1.28 bits per heavy atom. The van der Waals surface area contributed by atoms with E-state index in [2.05, 4.69) is 10.1 Å². The zero-order valence-electron chi connectivity index (χ0n) is 10.9. The van der Waals surface area contributed by atoms with Crippen LogP contribution in [0.15, 0.2) is 18.2 Å². The van der Waals surface area contributed by atoms with Gasteiger partial charge in [-0.25, -0.2) is 0 Å². The molecular formula is C14H17NO3. The minimum absolute atomic E-state index is 0.263. The predicted octanol–water partition coefficient (Wildman–Crippen LogP) is 2.20. The standard InChI is InChI=1S/C14H17NO3/c1-9-4-5-11(10(2)8-9)15-12(16)14(6-7-14)13(17)18-3/h4-5,8H,6-7H2,1-3H3,(H,15,16). The Morgan fingerprint density at radius 2 is 1.94 bits per heavy atom. The fraction of sp³-hybridized carbons (Fsp3) is 0.429. The lowest BCUT2D eigenvalue weighted by Crippen LogP contribution is -2.32. The first kappa shape index (κ1) is 12.6. The summed E-state index contributed by atoms with van der Waals surface area (Å²) in [4.78, 5) is 23.7. The second kappa shape index (κ2) is 4.44. The summed E-state index contributed by atoms with van der Waals surface area (Å²) in [7, 11) is 1.31. The maximum absolute atomic E-state index is 12.1. The number of amides is 1. The Bertz CT molecular complexity index is 504. The molecule has 1 aromatic carbocycles. The maximum Gasteiger partial charge on any atom is 0.321 e. The highest BCUT2D eigenvalue weighted by atomic mass is 16.5. The molecule has 0 atom stereocenters. The van der Waals surface area contributed by atoms with Crippen LogP contribution in [-0.4, -0.2) is 19.0 Å². The number of esters is 1. The highest BCUT2D eigenvalue weighted by Gasteiger charge is 2.57. The third kappa shape index (κ3) is 2.10. The van der Waals surface area contributed by atoms with E-state index >= 15 is 0 Å². The van der Waals surface area contributed by atoms with Gasteiger partial charge in [0.25, 0.3) is 0 Å². The van der Waals surface area contributed by atoms with Gasteiger partial charge in [-0.3, -0.25) is 9.59 Å². The van der Waals surface area contributed by atoms with Gasteiger partial charge in [0.05, 0.1) is 7.11 Å². The molecule has 1 amide bonds. The van der Waals surface area contributed by atoms with Gasteiger partial charge in [0.2, 0.25) is 5.91 Å². The molecule has 1 aliphatic carbocycles. The van der Waals surface area contributed by atoms with Gasteiger partial charge in [-0.05, 0) is 38.3 Å². The Morgan fingerprint density at radius 3 is 2.44 bits per heavy atom. The van der Waals surface area contributed by atoms with Crippen LogP contribution in [-0.2, 0) is 14.3 Å². The van der Waals surface area contributed by atoms with Crippen molar-refractivity contribution in [2.75, 3.05) is 12.4 Å². The molecule has 0 bridgehead atoms. The van der Waals surface area contributed by atoms with Crippen molar-refractivity contribution in [3.05, 3.63) is 29.3 Å². The van der Waals surface area contributed by atoms with Crippen LogP contribution in [0.5, 0.6) is 0 Å². The Balaban J connectivity index is 2.15. The third-order valence-corrected chi connectivity index (χ3v) is 3.39. The SMILES string of the molecule is COC(=O)C1(C(=O)Nc2ccc(C)cc2C)CC1. The molecule has 0 heterocycles. The van der Waals surface area contributed by atoms with Crippen LogP contribution in [0.3, 0.4) is 0 Å². The Hall–Kier alpha value is -1.84. The fourth-order valence-electron chi connectivity index (χ4n) is 2.04. The number of carbonyl (C=O) groups excluding carboxylic acids is 2. The second-order valence-corrected chi connectivity index (χ2v) is 4.85. The van der Waals surface area contributed by atoms with Gasteiger partial charge >= 0.3 is 5.97 Å². The minimum atomic E-state index is -0.952. The van der Waals surface area contributed by atoms with Crippen molar-refractivity contribution in [3.8, 4) is 0 Å². The number of anilines is 1. The normalized spacial score (nSPS) is 15.9. The molecule has 1 saturated carbocycles. The van der Waals surface area contributed by atoms with Crippen LogP contribution in [0.1, 0.15) is 24.0 Å². The van der Waals surface area contributed by atoms with E-state index in [9.17, 15) is 9.59 Å². The van der Waals surface area contributed by atoms with Crippen molar-refractivity contribution in [1.82, 2.24) is 0 Å². The molecule has 1 fully saturated rings. The van der Waals surface area contributed by atoms with E-state index in [1.54, 1.807) is 0 Å². The zero-order chi connectivity index (χ0) is 13.3. The first-order valence-corrected chi connectivity index (χ1v) is 5.97. The van der Waals surface area contributed by atoms with E-state index < -0.39 is 11.4 Å². The number of nitrogens with one attached hydrogen (secondary N) is 1. The van der Waals surface area contributed by atoms with Gasteiger partial charge < -0.3 is 10.1 Å². The number of ether oxygens (including phenoxy) is 1. The molecule has 1 aliphatic rings. The Labute approximate surface area is 106 Å². The van der Waals surface area contributed by atoms with Gasteiger partial charge in [-0.2, -0.15) is 0 Å². The summed E-state index contributed by atoms with van der Waals surface area (Å²) >= 11 is 0. The summed E-state index contributed by atoms with van der Waals surface area (Å²) in [5.41, 5.74) is 1.93. The van der Waals surface area contributed by atoms with Crippen LogP contribution in [0.4, 0.5) is 5.69 Å². The lowest BCUT2D eigenvalue weighted by Gasteiger charge is -2.14. The molecule has 0 radical (unpaired) electrons. The number of methoxy groups -OCH3 is 1. The van der Waals surface area contributed by atoms with Crippen molar-refractivity contribution in [2.45, 2.75) is 26.7 Å². The van der Waals surface area contributed by atoms with Gasteiger partial charge in [-0.15, -0.1) is 0 Å². The number of rotatable bonds is 3. The van der Waals surface area contributed by atoms with E-state index in [0.717, 1.165) is 16.8 Å². The number of aryl methyl sites for hydroxylation is 2. The first-order chi connectivity index (χ1) is 8.49. The minimum Gasteiger partial charge on any atom is -0.468 e. The van der Waals surface area contributed by atoms with E-state index in [-0.39, 0.29) is 5.91 Å². The van der Waals surface area contributed by atoms with Gasteiger partial charge in [0.1, 0.15) is 5.41 Å². The molecule has 0 aliphatic heterocycles. The van der Waals surface area contributed by atoms with Crippen LogP contribution in [0, 0.1) is 19.3 Å². The summed E-state index contributed by atoms with van der Waals surface area (Å²) in [5.74, 6) is -0.703. The van der Waals surface area contributed by atoms with Gasteiger partial charge in [0, 0.05) is 5.69 Å². The average molecular weight is 247 g/mol. The van der Waals surface area contributed by atoms with Crippen molar-refractivity contribution >= 4 is 17.6 Å². The summed E-state index contributed by atoms with van der Waals surface area (Å²) in [6.07, 6.45) is 1.13. The van der Waals surface area contributed by atoms with Gasteiger partial charge in [0.15, 0.2) is 0 Å². The highest BCUT2D eigenvalue weighted by molar-refractivity contribution is 6.11. The quantitative estimate of drug-likeness (QED) is 0.658. The molecule has 1 N–H and O–H groups in total. The van der Waals surface area contributed by atoms with Crippen molar-refractivity contribution in [3.63, 3.8) is 0 Å². The number of hydrogen-bond donors (Lipinski definition) is 1. The molecule has 96 valence electrons. The van der Waals surface area contributed by atoms with Crippen LogP contribution >= 0.6 is 0 Å². The van der Waals surface area contributed by atoms with Crippen molar-refractivity contribution in [1.29, 1.82) is 0 Å². The number of carbonyl (C=O) groups is 2. The highest BCUT2D eigenvalue weighted by Crippen LogP contribution is 2.47. The van der Waals surface area contributed by atoms with Gasteiger partial charge in [-0.1, -0.05) is 17.7 Å². The maximum atomic E-state index is 12.1. The number of hydrogen-bond acceptors (Lipinski definition) is 3. The fourth-order valence-corrected chi connectivity index (χ4v) is 2.04. The molecule has 0 unspecified atom stereocenters. The lowest BCUT2D eigenvalue weighted by molar-refractivity contribution is -0.150. The molecule has 1 aromatic rings. The molecule has 18 heavy (non-hydrogen) atoms. The first-order valence-electron chi connectivity index (χ1n) is 5.97. The van der Waals surface area contributed by atoms with E-state index in [4.69, 9.17) is 0 Å². The average Bonchev–Trinajstić information content (AvgIpc) is 3.13. The second-order valence-electron chi connectivity index (χ2n) is 4.85. The van der Waals surface area contributed by atoms with E-state index in [1.807, 2.05) is 32.0 Å². The van der Waals surface area contributed by atoms with E-state index in [0.29, 0.717) is 12.8 Å². The summed E-state index contributed by atoms with van der Waals surface area (Å²) in [6.45, 7) is 3.93. The molecule has 0 saturated heterocycles. The molecule has 0 aromatic heterocycles. The Kier molecular flexibility index (Phi) is 3.11. The topological polar surface area (TPSA) is 55.4 Å². The number of benzene rings is 1. The molecule has 4 heteroatoms. The third-order valence-electron chi connectivity index (χ3n) is 3.39. The molecule has 0 spiro atoms.